The van der Waals surface area contributed by atoms with E-state index in [0.717, 1.165) is 9.35 Å². The number of ether oxygens (including phenoxy) is 1. The van der Waals surface area contributed by atoms with Gasteiger partial charge in [-0.3, -0.25) is 0 Å². The smallest absolute Gasteiger partial charge is 0.183 e. The Morgan fingerprint density at radius 2 is 2.19 bits per heavy atom. The lowest BCUT2D eigenvalue weighted by atomic mass is 10.3. The standard InChI is InChI=1S/C11H7BrClFOS/c12-7-4-5-16-10(7)6-15-9-3-1-2-8(13)11(9)14/h1-5H,6H2. The molecule has 1 aromatic heterocycles. The van der Waals surface area contributed by atoms with E-state index >= 15 is 0 Å². The number of hydrogen-bond donors (Lipinski definition) is 0. The van der Waals surface area contributed by atoms with Gasteiger partial charge in [0.15, 0.2) is 11.6 Å². The van der Waals surface area contributed by atoms with Crippen LogP contribution in [0.5, 0.6) is 5.75 Å². The molecule has 84 valence electrons. The van der Waals surface area contributed by atoms with Crippen molar-refractivity contribution >= 4 is 38.9 Å². The van der Waals surface area contributed by atoms with Crippen LogP contribution in [-0.4, -0.2) is 0 Å². The summed E-state index contributed by atoms with van der Waals surface area (Å²) in [7, 11) is 0. The summed E-state index contributed by atoms with van der Waals surface area (Å²) in [5, 5.41) is 2.01. The highest BCUT2D eigenvalue weighted by atomic mass is 79.9. The number of benzene rings is 1. The van der Waals surface area contributed by atoms with Crippen molar-refractivity contribution in [1.29, 1.82) is 0 Å². The molecule has 1 heterocycles. The number of thiophene rings is 1. The fraction of sp³-hybridized carbons (Fsp3) is 0.0909. The van der Waals surface area contributed by atoms with Crippen LogP contribution in [0.2, 0.25) is 5.02 Å². The highest BCUT2D eigenvalue weighted by Crippen LogP contribution is 2.27. The van der Waals surface area contributed by atoms with Crippen molar-refractivity contribution in [2.45, 2.75) is 6.61 Å². The topological polar surface area (TPSA) is 9.23 Å². The summed E-state index contributed by atoms with van der Waals surface area (Å²) in [5.41, 5.74) is 0. The van der Waals surface area contributed by atoms with E-state index in [1.54, 1.807) is 23.5 Å². The molecule has 0 saturated carbocycles. The van der Waals surface area contributed by atoms with Crippen LogP contribution in [0.25, 0.3) is 0 Å². The molecule has 0 spiro atoms. The Balaban J connectivity index is 2.11. The van der Waals surface area contributed by atoms with E-state index in [1.807, 2.05) is 11.4 Å². The predicted octanol–water partition coefficient (Wildman–Crippen LogP) is 4.88. The molecule has 0 saturated heterocycles. The summed E-state index contributed by atoms with van der Waals surface area (Å²) >= 11 is 10.6. The van der Waals surface area contributed by atoms with Gasteiger partial charge in [0.1, 0.15) is 6.61 Å². The maximum Gasteiger partial charge on any atom is 0.183 e. The van der Waals surface area contributed by atoms with E-state index in [2.05, 4.69) is 15.9 Å². The minimum atomic E-state index is -0.517. The van der Waals surface area contributed by atoms with Crippen LogP contribution in [-0.2, 0) is 6.61 Å². The molecule has 1 nitrogen and oxygen atoms in total. The molecular weight excluding hydrogens is 315 g/mol. The summed E-state index contributed by atoms with van der Waals surface area (Å²) < 4.78 is 19.8. The average Bonchev–Trinajstić information content (AvgIpc) is 2.67. The van der Waals surface area contributed by atoms with E-state index in [9.17, 15) is 4.39 Å². The van der Waals surface area contributed by atoms with Gasteiger partial charge in [0.2, 0.25) is 0 Å². The lowest BCUT2D eigenvalue weighted by molar-refractivity contribution is 0.293. The zero-order chi connectivity index (χ0) is 11.5. The van der Waals surface area contributed by atoms with Crippen LogP contribution in [0.15, 0.2) is 34.1 Å². The molecule has 0 bridgehead atoms. The van der Waals surface area contributed by atoms with Gasteiger partial charge in [0.25, 0.3) is 0 Å². The van der Waals surface area contributed by atoms with Gasteiger partial charge in [0.05, 0.1) is 9.90 Å². The van der Waals surface area contributed by atoms with Gasteiger partial charge in [0, 0.05) is 4.47 Å². The van der Waals surface area contributed by atoms with Crippen LogP contribution < -0.4 is 4.74 Å². The maximum atomic E-state index is 13.5. The molecule has 2 aromatic rings. The predicted molar refractivity (Wildman–Crippen MR) is 67.8 cm³/mol. The summed E-state index contributed by atoms with van der Waals surface area (Å²) in [4.78, 5) is 1.01. The second-order valence-electron chi connectivity index (χ2n) is 3.03. The zero-order valence-electron chi connectivity index (χ0n) is 8.04. The van der Waals surface area contributed by atoms with Crippen molar-refractivity contribution in [3.63, 3.8) is 0 Å². The molecule has 0 amide bonds. The third-order valence-electron chi connectivity index (χ3n) is 1.97. The van der Waals surface area contributed by atoms with Gasteiger partial charge in [-0.2, -0.15) is 0 Å². The molecule has 0 fully saturated rings. The minimum Gasteiger partial charge on any atom is -0.485 e. The first-order valence-electron chi connectivity index (χ1n) is 4.47. The van der Waals surface area contributed by atoms with E-state index < -0.39 is 5.82 Å². The maximum absolute atomic E-state index is 13.5. The molecule has 16 heavy (non-hydrogen) atoms. The fourth-order valence-corrected chi connectivity index (χ4v) is 2.71. The van der Waals surface area contributed by atoms with Crippen LogP contribution in [0, 0.1) is 5.82 Å². The SMILES string of the molecule is Fc1c(Cl)cccc1OCc1sccc1Br. The van der Waals surface area contributed by atoms with Gasteiger partial charge in [-0.15, -0.1) is 11.3 Å². The molecule has 0 aliphatic heterocycles. The third-order valence-corrected chi connectivity index (χ3v) is 4.16. The molecular formula is C11H7BrClFOS. The minimum absolute atomic E-state index is 0.0720. The lowest BCUT2D eigenvalue weighted by Crippen LogP contribution is -1.96. The summed E-state index contributed by atoms with van der Waals surface area (Å²) in [6.07, 6.45) is 0. The molecule has 0 aliphatic rings. The average molecular weight is 322 g/mol. The molecule has 0 aliphatic carbocycles. The third kappa shape index (κ3) is 2.56. The normalized spacial score (nSPS) is 10.4. The molecule has 0 N–H and O–H groups in total. The molecule has 1 aromatic carbocycles. The fourth-order valence-electron chi connectivity index (χ4n) is 1.17. The van der Waals surface area contributed by atoms with Crippen molar-refractivity contribution in [1.82, 2.24) is 0 Å². The van der Waals surface area contributed by atoms with Crippen molar-refractivity contribution < 1.29 is 9.13 Å². The largest absolute Gasteiger partial charge is 0.485 e. The van der Waals surface area contributed by atoms with Gasteiger partial charge in [-0.25, -0.2) is 4.39 Å². The van der Waals surface area contributed by atoms with E-state index in [-0.39, 0.29) is 10.8 Å². The van der Waals surface area contributed by atoms with Gasteiger partial charge >= 0.3 is 0 Å². The van der Waals surface area contributed by atoms with Crippen molar-refractivity contribution in [3.8, 4) is 5.75 Å². The Kier molecular flexibility index (Phi) is 3.84. The monoisotopic (exact) mass is 320 g/mol. The lowest BCUT2D eigenvalue weighted by Gasteiger charge is -2.06. The highest BCUT2D eigenvalue weighted by Gasteiger charge is 2.08. The van der Waals surface area contributed by atoms with E-state index in [4.69, 9.17) is 16.3 Å². The zero-order valence-corrected chi connectivity index (χ0v) is 11.2. The molecule has 2 rings (SSSR count). The summed E-state index contributed by atoms with van der Waals surface area (Å²) in [6.45, 7) is 0.329. The molecule has 0 atom stereocenters. The first kappa shape index (κ1) is 11.9. The Bertz CT molecular complexity index is 500. The van der Waals surface area contributed by atoms with Gasteiger partial charge in [-0.1, -0.05) is 17.7 Å². The van der Waals surface area contributed by atoms with Crippen molar-refractivity contribution in [2.75, 3.05) is 0 Å². The van der Waals surface area contributed by atoms with E-state index in [1.165, 1.54) is 6.07 Å². The second-order valence-corrected chi connectivity index (χ2v) is 5.29. The van der Waals surface area contributed by atoms with Gasteiger partial charge < -0.3 is 4.74 Å². The Labute approximate surface area is 110 Å². The second kappa shape index (κ2) is 5.17. The number of rotatable bonds is 3. The summed E-state index contributed by atoms with van der Waals surface area (Å²) in [5.74, 6) is -0.343. The summed E-state index contributed by atoms with van der Waals surface area (Å²) in [6, 6.07) is 6.63. The number of halogens is 3. The van der Waals surface area contributed by atoms with Crippen LogP contribution in [0.4, 0.5) is 4.39 Å². The molecule has 5 heteroatoms. The Morgan fingerprint density at radius 3 is 2.88 bits per heavy atom. The number of hydrogen-bond acceptors (Lipinski definition) is 2. The Morgan fingerprint density at radius 1 is 1.38 bits per heavy atom. The Hall–Kier alpha value is -0.580. The van der Waals surface area contributed by atoms with Crippen LogP contribution >= 0.6 is 38.9 Å². The van der Waals surface area contributed by atoms with Crippen molar-refractivity contribution in [2.24, 2.45) is 0 Å². The van der Waals surface area contributed by atoms with Crippen LogP contribution in [0.3, 0.4) is 0 Å². The van der Waals surface area contributed by atoms with Crippen LogP contribution in [0.1, 0.15) is 4.88 Å². The van der Waals surface area contributed by atoms with Crippen molar-refractivity contribution in [3.05, 3.63) is 49.8 Å². The highest BCUT2D eigenvalue weighted by molar-refractivity contribution is 9.10. The first-order chi connectivity index (χ1) is 7.68. The van der Waals surface area contributed by atoms with Gasteiger partial charge in [-0.05, 0) is 39.5 Å². The molecule has 0 unspecified atom stereocenters. The molecule has 0 radical (unpaired) electrons. The van der Waals surface area contributed by atoms with E-state index in [0.29, 0.717) is 6.61 Å². The quantitative estimate of drug-likeness (QED) is 0.782. The first-order valence-corrected chi connectivity index (χ1v) is 6.52.